The van der Waals surface area contributed by atoms with Crippen LogP contribution in [0.5, 0.6) is 0 Å². The van der Waals surface area contributed by atoms with Crippen LogP contribution in [0.2, 0.25) is 0 Å². The van der Waals surface area contributed by atoms with Gasteiger partial charge >= 0.3 is 12.1 Å². The average Bonchev–Trinajstić information content (AvgIpc) is 2.45. The zero-order chi connectivity index (χ0) is 16.8. The Hall–Kier alpha value is -1.30. The largest absolute Gasteiger partial charge is 0.469 e. The first-order valence-corrected chi connectivity index (χ1v) is 7.87. The number of carbonyl (C=O) groups excluding carboxylic acids is 2. The first-order valence-electron chi connectivity index (χ1n) is 7.87. The number of carbonyl (C=O) groups is 2. The molecule has 0 heterocycles. The van der Waals surface area contributed by atoms with E-state index in [9.17, 15) is 9.59 Å². The van der Waals surface area contributed by atoms with Crippen molar-refractivity contribution in [2.24, 2.45) is 0 Å². The fraction of sp³-hybridized carbons (Fsp3) is 0.875. The highest BCUT2D eigenvalue weighted by atomic mass is 16.6. The number of amides is 1. The highest BCUT2D eigenvalue weighted by molar-refractivity contribution is 5.69. The van der Waals surface area contributed by atoms with E-state index in [1.807, 2.05) is 20.8 Å². The Morgan fingerprint density at radius 1 is 1.14 bits per heavy atom. The van der Waals surface area contributed by atoms with Gasteiger partial charge < -0.3 is 19.1 Å². The third-order valence-electron chi connectivity index (χ3n) is 3.76. The molecule has 6 nitrogen and oxygen atoms in total. The summed E-state index contributed by atoms with van der Waals surface area (Å²) in [5.41, 5.74) is -0.473. The van der Waals surface area contributed by atoms with E-state index in [4.69, 9.17) is 9.47 Å². The summed E-state index contributed by atoms with van der Waals surface area (Å²) in [5.74, 6) is -0.252. The summed E-state index contributed by atoms with van der Waals surface area (Å²) in [7, 11) is 3.16. The second kappa shape index (κ2) is 8.36. The van der Waals surface area contributed by atoms with Crippen molar-refractivity contribution in [2.75, 3.05) is 20.8 Å². The zero-order valence-electron chi connectivity index (χ0n) is 14.4. The molecule has 1 fully saturated rings. The molecule has 128 valence electrons. The maximum atomic E-state index is 12.0. The maximum Gasteiger partial charge on any atom is 0.410 e. The molecule has 0 unspecified atom stereocenters. The average molecular weight is 315 g/mol. The first kappa shape index (κ1) is 18.7. The van der Waals surface area contributed by atoms with Crippen LogP contribution in [0.3, 0.4) is 0 Å². The van der Waals surface area contributed by atoms with Gasteiger partial charge in [0.15, 0.2) is 0 Å². The van der Waals surface area contributed by atoms with Crippen molar-refractivity contribution in [3.05, 3.63) is 0 Å². The van der Waals surface area contributed by atoms with E-state index >= 15 is 0 Å². The fourth-order valence-corrected chi connectivity index (χ4v) is 2.49. The monoisotopic (exact) mass is 315 g/mol. The van der Waals surface area contributed by atoms with Crippen LogP contribution in [0.1, 0.15) is 52.9 Å². The van der Waals surface area contributed by atoms with E-state index in [0.717, 1.165) is 25.7 Å². The molecule has 0 spiro atoms. The molecule has 0 aliphatic heterocycles. The minimum Gasteiger partial charge on any atom is -0.469 e. The molecule has 6 heteroatoms. The summed E-state index contributed by atoms with van der Waals surface area (Å²) in [6, 6.07) is 0.190. The third kappa shape index (κ3) is 6.64. The van der Waals surface area contributed by atoms with Gasteiger partial charge in [-0.2, -0.15) is 0 Å². The van der Waals surface area contributed by atoms with Gasteiger partial charge in [-0.15, -0.1) is 0 Å². The zero-order valence-corrected chi connectivity index (χ0v) is 14.4. The molecule has 0 atom stereocenters. The number of methoxy groups -OCH3 is 1. The van der Waals surface area contributed by atoms with Crippen LogP contribution in [0, 0.1) is 0 Å². The second-order valence-electron chi connectivity index (χ2n) is 6.72. The predicted molar refractivity (Wildman–Crippen MR) is 82.6 cm³/mol. The minimum atomic E-state index is -0.473. The highest BCUT2D eigenvalue weighted by Gasteiger charge is 2.29. The standard InChI is InChI=1S/C16H29NO5/c1-16(2,3)22-15(19)17(4)12-6-8-13(9-7-12)21-11-10-14(18)20-5/h12-13H,6-11H2,1-5H3. The smallest absolute Gasteiger partial charge is 0.410 e. The van der Waals surface area contributed by atoms with Crippen LogP contribution in [0.4, 0.5) is 4.79 Å². The molecule has 22 heavy (non-hydrogen) atoms. The molecule has 1 saturated carbocycles. The normalized spacial score (nSPS) is 22.0. The van der Waals surface area contributed by atoms with E-state index < -0.39 is 5.60 Å². The first-order chi connectivity index (χ1) is 10.2. The SMILES string of the molecule is COC(=O)CCOC1CCC(N(C)C(=O)OC(C)(C)C)CC1. The van der Waals surface area contributed by atoms with Gasteiger partial charge in [-0.05, 0) is 46.5 Å². The Balaban J connectivity index is 2.29. The van der Waals surface area contributed by atoms with Crippen molar-refractivity contribution in [3.63, 3.8) is 0 Å². The summed E-state index contributed by atoms with van der Waals surface area (Å²) in [6.45, 7) is 5.99. The topological polar surface area (TPSA) is 65.1 Å². The Bertz CT molecular complexity index is 369. The van der Waals surface area contributed by atoms with Gasteiger partial charge in [0.25, 0.3) is 0 Å². The molecular formula is C16H29NO5. The number of esters is 1. The van der Waals surface area contributed by atoms with Crippen LogP contribution >= 0.6 is 0 Å². The molecule has 0 saturated heterocycles. The van der Waals surface area contributed by atoms with E-state index in [1.165, 1.54) is 7.11 Å². The number of rotatable bonds is 5. The quantitative estimate of drug-likeness (QED) is 0.730. The second-order valence-corrected chi connectivity index (χ2v) is 6.72. The Labute approximate surface area is 133 Å². The van der Waals surface area contributed by atoms with Gasteiger partial charge in [0, 0.05) is 13.1 Å². The maximum absolute atomic E-state index is 12.0. The molecular weight excluding hydrogens is 286 g/mol. The van der Waals surface area contributed by atoms with E-state index in [-0.39, 0.29) is 30.6 Å². The van der Waals surface area contributed by atoms with Crippen LogP contribution in [-0.2, 0) is 19.0 Å². The van der Waals surface area contributed by atoms with Crippen LogP contribution in [0.25, 0.3) is 0 Å². The van der Waals surface area contributed by atoms with Gasteiger partial charge in [0.05, 0.1) is 26.2 Å². The molecule has 1 rings (SSSR count). The summed E-state index contributed by atoms with van der Waals surface area (Å²) in [4.78, 5) is 24.8. The molecule has 1 aliphatic carbocycles. The van der Waals surface area contributed by atoms with E-state index in [1.54, 1.807) is 11.9 Å². The Morgan fingerprint density at radius 3 is 2.23 bits per heavy atom. The summed E-state index contributed by atoms with van der Waals surface area (Å²) in [5, 5.41) is 0. The molecule has 0 aromatic carbocycles. The van der Waals surface area contributed by atoms with Gasteiger partial charge in [-0.25, -0.2) is 4.79 Å². The fourth-order valence-electron chi connectivity index (χ4n) is 2.49. The number of nitrogens with zero attached hydrogens (tertiary/aromatic N) is 1. The highest BCUT2D eigenvalue weighted by Crippen LogP contribution is 2.25. The molecule has 1 aliphatic rings. The molecule has 0 bridgehead atoms. The van der Waals surface area contributed by atoms with Crippen molar-refractivity contribution >= 4 is 12.1 Å². The molecule has 0 aromatic heterocycles. The van der Waals surface area contributed by atoms with Crippen molar-refractivity contribution in [3.8, 4) is 0 Å². The Morgan fingerprint density at radius 2 is 1.73 bits per heavy atom. The van der Waals surface area contributed by atoms with E-state index in [2.05, 4.69) is 4.74 Å². The van der Waals surface area contributed by atoms with Gasteiger partial charge in [-0.3, -0.25) is 4.79 Å². The lowest BCUT2D eigenvalue weighted by Crippen LogP contribution is -2.43. The predicted octanol–water partition coefficient (Wildman–Crippen LogP) is 2.74. The third-order valence-corrected chi connectivity index (χ3v) is 3.76. The Kier molecular flexibility index (Phi) is 7.13. The lowest BCUT2D eigenvalue weighted by Gasteiger charge is -2.35. The molecule has 0 N–H and O–H groups in total. The lowest BCUT2D eigenvalue weighted by atomic mass is 9.92. The van der Waals surface area contributed by atoms with Crippen molar-refractivity contribution in [1.29, 1.82) is 0 Å². The minimum absolute atomic E-state index is 0.160. The number of ether oxygens (including phenoxy) is 3. The van der Waals surface area contributed by atoms with E-state index in [0.29, 0.717) is 6.61 Å². The van der Waals surface area contributed by atoms with Crippen molar-refractivity contribution < 1.29 is 23.8 Å². The summed E-state index contributed by atoms with van der Waals surface area (Å²) >= 11 is 0. The lowest BCUT2D eigenvalue weighted by molar-refractivity contribution is -0.142. The van der Waals surface area contributed by atoms with Crippen LogP contribution in [0.15, 0.2) is 0 Å². The molecule has 1 amide bonds. The number of hydrogen-bond donors (Lipinski definition) is 0. The van der Waals surface area contributed by atoms with Crippen molar-refractivity contribution in [2.45, 2.75) is 70.6 Å². The number of hydrogen-bond acceptors (Lipinski definition) is 5. The summed E-state index contributed by atoms with van der Waals surface area (Å²) < 4.78 is 15.7. The summed E-state index contributed by atoms with van der Waals surface area (Å²) in [6.07, 6.45) is 3.72. The van der Waals surface area contributed by atoms with Gasteiger partial charge in [-0.1, -0.05) is 0 Å². The van der Waals surface area contributed by atoms with Gasteiger partial charge in [0.1, 0.15) is 5.60 Å². The van der Waals surface area contributed by atoms with Crippen LogP contribution in [-0.4, -0.2) is 55.5 Å². The molecule has 0 aromatic rings. The van der Waals surface area contributed by atoms with Crippen molar-refractivity contribution in [1.82, 2.24) is 4.90 Å². The van der Waals surface area contributed by atoms with Gasteiger partial charge in [0.2, 0.25) is 0 Å². The van der Waals surface area contributed by atoms with Crippen LogP contribution < -0.4 is 0 Å². The molecule has 0 radical (unpaired) electrons.